The number of anilines is 1. The monoisotopic (exact) mass is 304 g/mol. The van der Waals surface area contributed by atoms with Gasteiger partial charge in [0.2, 0.25) is 5.91 Å². The maximum atomic E-state index is 12.3. The van der Waals surface area contributed by atoms with E-state index in [0.29, 0.717) is 18.0 Å². The highest BCUT2D eigenvalue weighted by Gasteiger charge is 2.25. The Kier molecular flexibility index (Phi) is 4.19. The van der Waals surface area contributed by atoms with Crippen molar-refractivity contribution in [2.45, 2.75) is 51.7 Å². The largest absolute Gasteiger partial charge is 0.360 e. The number of fused-ring (bicyclic) bond motifs is 1. The Bertz CT molecular complexity index is 649. The summed E-state index contributed by atoms with van der Waals surface area (Å²) in [6.45, 7) is 4.51. The second-order valence-corrected chi connectivity index (χ2v) is 5.53. The maximum absolute atomic E-state index is 12.3. The van der Waals surface area contributed by atoms with E-state index in [9.17, 15) is 4.79 Å². The fourth-order valence-corrected chi connectivity index (χ4v) is 2.68. The van der Waals surface area contributed by atoms with Crippen LogP contribution in [0.5, 0.6) is 0 Å². The third-order valence-corrected chi connectivity index (χ3v) is 3.85. The van der Waals surface area contributed by atoms with Gasteiger partial charge in [-0.2, -0.15) is 5.10 Å². The van der Waals surface area contributed by atoms with Gasteiger partial charge in [-0.1, -0.05) is 12.1 Å². The van der Waals surface area contributed by atoms with Crippen LogP contribution < -0.4 is 10.6 Å². The van der Waals surface area contributed by atoms with Crippen LogP contribution in [0.3, 0.4) is 0 Å². The van der Waals surface area contributed by atoms with Gasteiger partial charge in [-0.15, -0.1) is 0 Å². The zero-order chi connectivity index (χ0) is 15.5. The summed E-state index contributed by atoms with van der Waals surface area (Å²) in [6.07, 6.45) is 4.10. The van der Waals surface area contributed by atoms with Crippen LogP contribution in [0.4, 0.5) is 5.82 Å². The average molecular weight is 304 g/mol. The number of carbonyl (C=O) groups is 1. The molecule has 0 spiro atoms. The molecule has 2 unspecified atom stereocenters. The van der Waals surface area contributed by atoms with Crippen molar-refractivity contribution in [3.8, 4) is 0 Å². The summed E-state index contributed by atoms with van der Waals surface area (Å²) in [4.78, 5) is 16.5. The molecule has 0 saturated heterocycles. The molecule has 22 heavy (non-hydrogen) atoms. The van der Waals surface area contributed by atoms with Crippen LogP contribution in [0.1, 0.15) is 31.4 Å². The molecule has 1 aliphatic heterocycles. The number of aryl methyl sites for hydroxylation is 2. The highest BCUT2D eigenvalue weighted by atomic mass is 16.5. The number of nitrogens with one attached hydrogen (secondary N) is 2. The van der Waals surface area contributed by atoms with E-state index in [0.717, 1.165) is 25.2 Å². The van der Waals surface area contributed by atoms with Gasteiger partial charge in [0.25, 0.3) is 0 Å². The highest BCUT2D eigenvalue weighted by molar-refractivity contribution is 5.93. The van der Waals surface area contributed by atoms with Crippen LogP contribution in [0, 0.1) is 6.92 Å². The quantitative estimate of drug-likeness (QED) is 0.851. The molecule has 0 aliphatic carbocycles. The average Bonchev–Trinajstić information content (AvgIpc) is 3.12. The molecular weight excluding hydrogens is 284 g/mol. The smallest absolute Gasteiger partial charge is 0.242 e. The van der Waals surface area contributed by atoms with Gasteiger partial charge >= 0.3 is 0 Å². The number of hydrogen-bond donors (Lipinski definition) is 2. The van der Waals surface area contributed by atoms with Gasteiger partial charge in [0, 0.05) is 18.5 Å². The van der Waals surface area contributed by atoms with Gasteiger partial charge in [0.15, 0.2) is 5.82 Å². The summed E-state index contributed by atoms with van der Waals surface area (Å²) in [6, 6.07) is 1.64. The van der Waals surface area contributed by atoms with Crippen LogP contribution in [0.2, 0.25) is 0 Å². The molecule has 0 aromatic carbocycles. The Morgan fingerprint density at radius 3 is 3.18 bits per heavy atom. The predicted molar refractivity (Wildman–Crippen MR) is 79.2 cm³/mol. The first-order valence-electron chi connectivity index (χ1n) is 7.52. The van der Waals surface area contributed by atoms with E-state index in [1.54, 1.807) is 19.3 Å². The van der Waals surface area contributed by atoms with Crippen LogP contribution >= 0.6 is 0 Å². The number of aromatic nitrogens is 4. The Morgan fingerprint density at radius 1 is 1.59 bits per heavy atom. The van der Waals surface area contributed by atoms with Gasteiger partial charge < -0.3 is 15.2 Å². The maximum Gasteiger partial charge on any atom is 0.242 e. The third kappa shape index (κ3) is 3.16. The van der Waals surface area contributed by atoms with Crippen LogP contribution in [0.25, 0.3) is 0 Å². The first-order valence-corrected chi connectivity index (χ1v) is 7.52. The lowest BCUT2D eigenvalue weighted by Crippen LogP contribution is -2.48. The predicted octanol–water partition coefficient (Wildman–Crippen LogP) is 0.896. The Hall–Kier alpha value is -2.22. The van der Waals surface area contributed by atoms with E-state index >= 15 is 0 Å². The molecule has 1 aliphatic rings. The molecule has 1 amide bonds. The van der Waals surface area contributed by atoms with Crippen molar-refractivity contribution < 1.29 is 9.32 Å². The molecule has 2 aromatic heterocycles. The molecule has 0 fully saturated rings. The molecule has 0 bridgehead atoms. The molecule has 3 rings (SSSR count). The lowest BCUT2D eigenvalue weighted by Gasteiger charge is -2.27. The first-order chi connectivity index (χ1) is 10.7. The van der Waals surface area contributed by atoms with Crippen LogP contribution in [-0.4, -0.2) is 37.9 Å². The van der Waals surface area contributed by atoms with Crippen molar-refractivity contribution >= 4 is 11.7 Å². The number of rotatable bonds is 5. The lowest BCUT2D eigenvalue weighted by molar-refractivity contribution is -0.118. The molecule has 2 aromatic rings. The van der Waals surface area contributed by atoms with E-state index < -0.39 is 0 Å². The number of carbonyl (C=O) groups excluding carboxylic acids is 1. The Labute approximate surface area is 128 Å². The lowest BCUT2D eigenvalue weighted by atomic mass is 10.1. The van der Waals surface area contributed by atoms with E-state index in [4.69, 9.17) is 4.52 Å². The summed E-state index contributed by atoms with van der Waals surface area (Å²) in [5.41, 5.74) is 0. The molecule has 2 N–H and O–H groups in total. The second kappa shape index (κ2) is 6.27. The molecule has 2 atom stereocenters. The molecule has 8 nitrogen and oxygen atoms in total. The van der Waals surface area contributed by atoms with Gasteiger partial charge in [-0.25, -0.2) is 9.67 Å². The summed E-state index contributed by atoms with van der Waals surface area (Å²) in [5, 5.41) is 14.2. The van der Waals surface area contributed by atoms with Crippen molar-refractivity contribution in [1.29, 1.82) is 0 Å². The van der Waals surface area contributed by atoms with E-state index in [1.807, 2.05) is 11.6 Å². The topological polar surface area (TPSA) is 97.9 Å². The van der Waals surface area contributed by atoms with E-state index in [-0.39, 0.29) is 18.0 Å². The first kappa shape index (κ1) is 14.7. The van der Waals surface area contributed by atoms with Crippen LogP contribution in [-0.2, 0) is 17.8 Å². The summed E-state index contributed by atoms with van der Waals surface area (Å²) >= 11 is 0. The van der Waals surface area contributed by atoms with Gasteiger partial charge in [0.1, 0.15) is 17.9 Å². The van der Waals surface area contributed by atoms with Gasteiger partial charge in [0.05, 0.1) is 12.6 Å². The van der Waals surface area contributed by atoms with Crippen molar-refractivity contribution in [2.24, 2.45) is 0 Å². The summed E-state index contributed by atoms with van der Waals surface area (Å²) in [7, 11) is 0. The Balaban J connectivity index is 1.59. The van der Waals surface area contributed by atoms with E-state index in [2.05, 4.69) is 25.9 Å². The molecule has 0 radical (unpaired) electrons. The highest BCUT2D eigenvalue weighted by Crippen LogP contribution is 2.13. The SMILES string of the molecule is CCC(NC1CCc2ncnn2C1)C(=O)Nc1cc(C)on1. The Morgan fingerprint density at radius 2 is 2.45 bits per heavy atom. The molecule has 0 saturated carbocycles. The number of amides is 1. The van der Waals surface area contributed by atoms with Crippen molar-refractivity contribution in [3.63, 3.8) is 0 Å². The van der Waals surface area contributed by atoms with Crippen molar-refractivity contribution in [2.75, 3.05) is 5.32 Å². The zero-order valence-electron chi connectivity index (χ0n) is 12.7. The minimum absolute atomic E-state index is 0.0970. The van der Waals surface area contributed by atoms with Gasteiger partial charge in [-0.3, -0.25) is 4.79 Å². The van der Waals surface area contributed by atoms with Crippen molar-refractivity contribution in [3.05, 3.63) is 24.0 Å². The van der Waals surface area contributed by atoms with Crippen molar-refractivity contribution in [1.82, 2.24) is 25.2 Å². The summed E-state index contributed by atoms with van der Waals surface area (Å²) in [5.74, 6) is 2.03. The molecule has 118 valence electrons. The fourth-order valence-electron chi connectivity index (χ4n) is 2.68. The minimum Gasteiger partial charge on any atom is -0.360 e. The van der Waals surface area contributed by atoms with E-state index in [1.165, 1.54) is 0 Å². The number of hydrogen-bond acceptors (Lipinski definition) is 6. The minimum atomic E-state index is -0.271. The molecule has 3 heterocycles. The summed E-state index contributed by atoms with van der Waals surface area (Å²) < 4.78 is 6.85. The normalized spacial score (nSPS) is 18.7. The standard InChI is InChI=1S/C14H20N6O2/c1-3-11(14(21)18-12-6-9(2)22-19-12)17-10-4-5-13-15-8-16-20(13)7-10/h6,8,10-11,17H,3-5,7H2,1-2H3,(H,18,19,21). The second-order valence-electron chi connectivity index (χ2n) is 5.53. The zero-order valence-corrected chi connectivity index (χ0v) is 12.7. The van der Waals surface area contributed by atoms with Crippen LogP contribution in [0.15, 0.2) is 16.9 Å². The van der Waals surface area contributed by atoms with Gasteiger partial charge in [-0.05, 0) is 19.8 Å². The molecule has 8 heteroatoms. The fraction of sp³-hybridized carbons (Fsp3) is 0.571. The third-order valence-electron chi connectivity index (χ3n) is 3.85. The number of nitrogens with zero attached hydrogens (tertiary/aromatic N) is 4. The molecular formula is C14H20N6O2.